The average molecular weight is 603 g/mol. The normalized spacial score (nSPS) is 15.0. The summed E-state index contributed by atoms with van der Waals surface area (Å²) in [6, 6.07) is 4.85. The Labute approximate surface area is 220 Å². The molecule has 1 fully saturated rings. The highest BCUT2D eigenvalue weighted by Crippen LogP contribution is 2.41. The van der Waals surface area contributed by atoms with Crippen LogP contribution in [0.3, 0.4) is 0 Å². The minimum absolute atomic E-state index is 0.0202. The van der Waals surface area contributed by atoms with Gasteiger partial charge >= 0.3 is 12.1 Å². The topological polar surface area (TPSA) is 88.8 Å². The lowest BCUT2D eigenvalue weighted by molar-refractivity contribution is -0.137. The van der Waals surface area contributed by atoms with Crippen LogP contribution in [0.2, 0.25) is 0 Å². The fourth-order valence-electron chi connectivity index (χ4n) is 4.70. The van der Waals surface area contributed by atoms with Crippen molar-refractivity contribution in [2.24, 2.45) is 7.05 Å². The third-order valence-electron chi connectivity index (χ3n) is 6.57. The number of esters is 1. The van der Waals surface area contributed by atoms with Crippen LogP contribution in [-0.4, -0.2) is 48.7 Å². The van der Waals surface area contributed by atoms with Gasteiger partial charge in [-0.3, -0.25) is 4.90 Å². The molecule has 0 saturated carbocycles. The number of hydrogen-bond acceptors (Lipinski definition) is 6. The number of aromatic hydroxyl groups is 1. The number of benzene rings is 2. The largest absolute Gasteiger partial charge is 0.506 e. The average Bonchev–Trinajstić information content (AvgIpc) is 3.43. The molecule has 2 heterocycles. The van der Waals surface area contributed by atoms with Crippen molar-refractivity contribution in [1.29, 1.82) is 0 Å². The number of nitrogens with zero attached hydrogens (tertiary/aromatic N) is 2. The summed E-state index contributed by atoms with van der Waals surface area (Å²) in [5.74, 6) is -1.44. The molecule has 37 heavy (non-hydrogen) atoms. The number of carbonyl (C=O) groups excluding carboxylic acids is 1. The maximum Gasteiger partial charge on any atom is 0.416 e. The number of fused-ring (bicyclic) bond motifs is 1. The molecule has 1 saturated heterocycles. The molecular formula is C25H26BrF3N2O5S. The zero-order valence-corrected chi connectivity index (χ0v) is 22.6. The second kappa shape index (κ2) is 10.3. The summed E-state index contributed by atoms with van der Waals surface area (Å²) in [6.45, 7) is 3.67. The first-order valence-corrected chi connectivity index (χ1v) is 14.1. The van der Waals surface area contributed by atoms with E-state index in [0.717, 1.165) is 38.1 Å². The molecule has 1 aliphatic rings. The molecule has 7 nitrogen and oxygen atoms in total. The third kappa shape index (κ3) is 5.37. The van der Waals surface area contributed by atoms with Crippen molar-refractivity contribution in [3.8, 4) is 5.75 Å². The highest BCUT2D eigenvalue weighted by molar-refractivity contribution is 9.10. The molecule has 2 aromatic carbocycles. The van der Waals surface area contributed by atoms with Gasteiger partial charge in [0, 0.05) is 30.2 Å². The van der Waals surface area contributed by atoms with Gasteiger partial charge in [0.15, 0.2) is 9.84 Å². The van der Waals surface area contributed by atoms with Gasteiger partial charge in [-0.05, 0) is 79.1 Å². The maximum atomic E-state index is 13.3. The minimum Gasteiger partial charge on any atom is -0.506 e. The van der Waals surface area contributed by atoms with Crippen LogP contribution in [0.25, 0.3) is 10.9 Å². The van der Waals surface area contributed by atoms with E-state index in [4.69, 9.17) is 4.74 Å². The van der Waals surface area contributed by atoms with E-state index in [1.807, 2.05) is 0 Å². The van der Waals surface area contributed by atoms with Crippen LogP contribution >= 0.6 is 15.9 Å². The van der Waals surface area contributed by atoms with Crippen LogP contribution < -0.4 is 0 Å². The van der Waals surface area contributed by atoms with E-state index < -0.39 is 33.3 Å². The number of aromatic nitrogens is 1. The van der Waals surface area contributed by atoms with Gasteiger partial charge in [-0.2, -0.15) is 13.2 Å². The fraction of sp³-hybridized carbons (Fsp3) is 0.400. The first-order valence-electron chi connectivity index (χ1n) is 11.7. The second-order valence-electron chi connectivity index (χ2n) is 8.95. The van der Waals surface area contributed by atoms with Crippen LogP contribution in [-0.2, 0) is 40.1 Å². The molecule has 0 radical (unpaired) electrons. The molecule has 3 aromatic rings. The molecule has 1 N–H and O–H groups in total. The van der Waals surface area contributed by atoms with Gasteiger partial charge in [0.2, 0.25) is 0 Å². The van der Waals surface area contributed by atoms with Gasteiger partial charge in [-0.1, -0.05) is 0 Å². The number of hydrogen-bond donors (Lipinski definition) is 1. The first-order chi connectivity index (χ1) is 17.3. The molecular weight excluding hydrogens is 577 g/mol. The van der Waals surface area contributed by atoms with Crippen molar-refractivity contribution in [2.75, 3.05) is 19.7 Å². The third-order valence-corrected chi connectivity index (χ3v) is 8.81. The lowest BCUT2D eigenvalue weighted by Crippen LogP contribution is -2.19. The standard InChI is InChI=1S/C25H26BrF3N2O5S/c1-3-36-24(33)22-20(14-37(34,35)16-8-6-15(7-9-16)25(27,28)29)30(2)19-12-18(26)23(32)17(21(19)22)13-31-10-4-5-11-31/h6-9,12,32H,3-5,10-11,13-14H2,1-2H3. The first kappa shape index (κ1) is 27.5. The van der Waals surface area contributed by atoms with Gasteiger partial charge < -0.3 is 14.4 Å². The number of alkyl halides is 3. The molecule has 200 valence electrons. The molecule has 4 rings (SSSR count). The van der Waals surface area contributed by atoms with E-state index >= 15 is 0 Å². The highest BCUT2D eigenvalue weighted by atomic mass is 79.9. The SMILES string of the molecule is CCOC(=O)c1c(CS(=O)(=O)c2ccc(C(F)(F)F)cc2)n(C)c2cc(Br)c(O)c(CN3CCCC3)c12. The number of phenolic OH excluding ortho intramolecular Hbond substituents is 1. The van der Waals surface area contributed by atoms with Gasteiger partial charge in [0.05, 0.1) is 38.4 Å². The van der Waals surface area contributed by atoms with Crippen LogP contribution in [0, 0.1) is 0 Å². The highest BCUT2D eigenvalue weighted by Gasteiger charge is 2.33. The number of likely N-dealkylation sites (tertiary alicyclic amines) is 1. The number of ether oxygens (including phenoxy) is 1. The number of rotatable bonds is 7. The molecule has 12 heteroatoms. The van der Waals surface area contributed by atoms with Crippen molar-refractivity contribution in [2.45, 2.75) is 43.1 Å². The molecule has 1 aliphatic heterocycles. The van der Waals surface area contributed by atoms with Crippen LogP contribution in [0.15, 0.2) is 39.7 Å². The smallest absolute Gasteiger partial charge is 0.416 e. The van der Waals surface area contributed by atoms with E-state index in [1.54, 1.807) is 24.6 Å². The Morgan fingerprint density at radius 1 is 1.16 bits per heavy atom. The van der Waals surface area contributed by atoms with Crippen molar-refractivity contribution >= 4 is 42.6 Å². The Morgan fingerprint density at radius 2 is 1.78 bits per heavy atom. The molecule has 0 amide bonds. The summed E-state index contributed by atoms with van der Waals surface area (Å²) in [5.41, 5.74) is 0.165. The van der Waals surface area contributed by atoms with E-state index in [9.17, 15) is 31.5 Å². The summed E-state index contributed by atoms with van der Waals surface area (Å²) in [5, 5.41) is 11.3. The van der Waals surface area contributed by atoms with Gasteiger partial charge in [0.25, 0.3) is 0 Å². The molecule has 1 aromatic heterocycles. The summed E-state index contributed by atoms with van der Waals surface area (Å²) in [4.78, 5) is 15.0. The van der Waals surface area contributed by atoms with Gasteiger partial charge in [0.1, 0.15) is 5.75 Å². The van der Waals surface area contributed by atoms with Crippen LogP contribution in [0.4, 0.5) is 13.2 Å². The fourth-order valence-corrected chi connectivity index (χ4v) is 6.58. The molecule has 0 atom stereocenters. The lowest BCUT2D eigenvalue weighted by Gasteiger charge is -2.18. The second-order valence-corrected chi connectivity index (χ2v) is 11.8. The van der Waals surface area contributed by atoms with E-state index in [2.05, 4.69) is 20.8 Å². The van der Waals surface area contributed by atoms with E-state index in [-0.39, 0.29) is 28.5 Å². The Bertz CT molecular complexity index is 1440. The zero-order valence-electron chi connectivity index (χ0n) is 20.2. The van der Waals surface area contributed by atoms with Gasteiger partial charge in [-0.25, -0.2) is 13.2 Å². The maximum absolute atomic E-state index is 13.3. The van der Waals surface area contributed by atoms with Crippen molar-refractivity contribution in [3.05, 3.63) is 57.2 Å². The number of sulfone groups is 1. The van der Waals surface area contributed by atoms with Crippen LogP contribution in [0.1, 0.15) is 46.9 Å². The Balaban J connectivity index is 1.88. The number of carbonyl (C=O) groups is 1. The molecule has 0 aliphatic carbocycles. The minimum atomic E-state index is -4.60. The zero-order chi connectivity index (χ0) is 27.1. The summed E-state index contributed by atoms with van der Waals surface area (Å²) < 4.78 is 72.7. The number of halogens is 4. The quantitative estimate of drug-likeness (QED) is 0.364. The van der Waals surface area contributed by atoms with Crippen molar-refractivity contribution in [3.63, 3.8) is 0 Å². The van der Waals surface area contributed by atoms with E-state index in [0.29, 0.717) is 39.6 Å². The Kier molecular flexibility index (Phi) is 7.64. The predicted octanol–water partition coefficient (Wildman–Crippen LogP) is 5.41. The molecule has 0 bridgehead atoms. The van der Waals surface area contributed by atoms with Crippen LogP contribution in [0.5, 0.6) is 5.75 Å². The lowest BCUT2D eigenvalue weighted by atomic mass is 10.0. The Hall–Kier alpha value is -2.57. The summed E-state index contributed by atoms with van der Waals surface area (Å²) in [7, 11) is -2.55. The summed E-state index contributed by atoms with van der Waals surface area (Å²) >= 11 is 3.37. The van der Waals surface area contributed by atoms with Crippen molar-refractivity contribution in [1.82, 2.24) is 9.47 Å². The predicted molar refractivity (Wildman–Crippen MR) is 135 cm³/mol. The number of phenols is 1. The molecule has 0 spiro atoms. The summed E-state index contributed by atoms with van der Waals surface area (Å²) in [6.07, 6.45) is -2.58. The van der Waals surface area contributed by atoms with Gasteiger partial charge in [-0.15, -0.1) is 0 Å². The monoisotopic (exact) mass is 602 g/mol. The van der Waals surface area contributed by atoms with Crippen molar-refractivity contribution < 1.29 is 36.2 Å². The number of aryl methyl sites for hydroxylation is 1. The van der Waals surface area contributed by atoms with E-state index in [1.165, 1.54) is 0 Å². The Morgan fingerprint density at radius 3 is 2.35 bits per heavy atom. The molecule has 0 unspecified atom stereocenters.